The highest BCUT2D eigenvalue weighted by Crippen LogP contribution is 2.30. The Hall–Kier alpha value is -2.61. The summed E-state index contributed by atoms with van der Waals surface area (Å²) in [5, 5.41) is 1.39. The Morgan fingerprint density at radius 3 is 2.67 bits per heavy atom. The molecule has 3 atom stereocenters. The standard InChI is InChI=1S/C19H26N4O4/c1-3-13(2)17(24)20-21-18(25)16-10-9-15-11-22(16)19(26)23(15)27-12-14-7-5-4-6-8-14/h4-8,13,15-16H,3,9-12H2,1-2H3,(H,20,24)(H,21,25). The first-order valence-electron chi connectivity index (χ1n) is 9.37. The predicted molar refractivity (Wildman–Crippen MR) is 97.7 cm³/mol. The largest absolute Gasteiger partial charge is 0.345 e. The molecule has 2 heterocycles. The molecule has 8 nitrogen and oxygen atoms in total. The van der Waals surface area contributed by atoms with Crippen molar-refractivity contribution in [1.29, 1.82) is 0 Å². The van der Waals surface area contributed by atoms with Crippen LogP contribution in [-0.4, -0.2) is 46.4 Å². The number of hydroxylamine groups is 2. The Morgan fingerprint density at radius 2 is 1.96 bits per heavy atom. The van der Waals surface area contributed by atoms with E-state index in [0.29, 0.717) is 32.4 Å². The maximum atomic E-state index is 12.7. The van der Waals surface area contributed by atoms with Crippen molar-refractivity contribution in [3.63, 3.8) is 0 Å². The molecule has 3 unspecified atom stereocenters. The van der Waals surface area contributed by atoms with Crippen LogP contribution in [0.15, 0.2) is 30.3 Å². The SMILES string of the molecule is CCC(C)C(=O)NNC(=O)C1CCC2CN1C(=O)N2OCc1ccccc1. The van der Waals surface area contributed by atoms with Gasteiger partial charge < -0.3 is 4.90 Å². The van der Waals surface area contributed by atoms with Crippen LogP contribution in [0.1, 0.15) is 38.7 Å². The zero-order valence-electron chi connectivity index (χ0n) is 15.7. The minimum Gasteiger partial charge on any atom is -0.309 e. The van der Waals surface area contributed by atoms with Gasteiger partial charge in [0.05, 0.1) is 6.04 Å². The Bertz CT molecular complexity index is 696. The van der Waals surface area contributed by atoms with Crippen LogP contribution >= 0.6 is 0 Å². The molecule has 2 aliphatic heterocycles. The average molecular weight is 374 g/mol. The van der Waals surface area contributed by atoms with Crippen molar-refractivity contribution in [2.24, 2.45) is 5.92 Å². The summed E-state index contributed by atoms with van der Waals surface area (Å²) in [6.45, 7) is 4.45. The highest BCUT2D eigenvalue weighted by Gasteiger charge is 2.48. The number of piperidine rings is 1. The minimum atomic E-state index is -0.601. The highest BCUT2D eigenvalue weighted by atomic mass is 16.7. The monoisotopic (exact) mass is 374 g/mol. The van der Waals surface area contributed by atoms with E-state index in [1.165, 1.54) is 9.96 Å². The summed E-state index contributed by atoms with van der Waals surface area (Å²) in [5.74, 6) is -0.792. The van der Waals surface area contributed by atoms with Crippen molar-refractivity contribution in [1.82, 2.24) is 20.8 Å². The molecule has 0 saturated carbocycles. The number of amides is 4. The highest BCUT2D eigenvalue weighted by molar-refractivity contribution is 5.90. The van der Waals surface area contributed by atoms with E-state index in [4.69, 9.17) is 4.84 Å². The average Bonchev–Trinajstić information content (AvgIpc) is 2.94. The van der Waals surface area contributed by atoms with Gasteiger partial charge in [-0.2, -0.15) is 5.06 Å². The first kappa shape index (κ1) is 19.2. The molecule has 8 heteroatoms. The van der Waals surface area contributed by atoms with E-state index in [1.807, 2.05) is 37.3 Å². The molecule has 146 valence electrons. The van der Waals surface area contributed by atoms with Gasteiger partial charge in [0, 0.05) is 12.5 Å². The van der Waals surface area contributed by atoms with Crippen molar-refractivity contribution in [2.45, 2.75) is 51.8 Å². The van der Waals surface area contributed by atoms with Crippen molar-refractivity contribution in [3.8, 4) is 0 Å². The van der Waals surface area contributed by atoms with Crippen molar-refractivity contribution < 1.29 is 19.2 Å². The number of hydrazine groups is 1. The molecule has 3 rings (SSSR count). The first-order chi connectivity index (χ1) is 13.0. The second-order valence-corrected chi connectivity index (χ2v) is 7.05. The lowest BCUT2D eigenvalue weighted by molar-refractivity contribution is -0.140. The van der Waals surface area contributed by atoms with Gasteiger partial charge in [-0.05, 0) is 24.8 Å². The normalized spacial score (nSPS) is 22.5. The Balaban J connectivity index is 1.55. The summed E-state index contributed by atoms with van der Waals surface area (Å²) in [6, 6.07) is 8.66. The molecular weight excluding hydrogens is 348 g/mol. The van der Waals surface area contributed by atoms with Crippen LogP contribution in [0, 0.1) is 5.92 Å². The second-order valence-electron chi connectivity index (χ2n) is 7.05. The predicted octanol–water partition coefficient (Wildman–Crippen LogP) is 1.58. The van der Waals surface area contributed by atoms with Gasteiger partial charge in [0.25, 0.3) is 5.91 Å². The smallest absolute Gasteiger partial charge is 0.309 e. The second kappa shape index (κ2) is 8.39. The van der Waals surface area contributed by atoms with E-state index in [-0.39, 0.29) is 29.8 Å². The van der Waals surface area contributed by atoms with Gasteiger partial charge in [-0.25, -0.2) is 4.79 Å². The molecule has 1 aromatic carbocycles. The molecular formula is C19H26N4O4. The molecule has 0 aliphatic carbocycles. The van der Waals surface area contributed by atoms with Crippen LogP contribution in [0.25, 0.3) is 0 Å². The number of carbonyl (C=O) groups excluding carboxylic acids is 3. The molecule has 2 fully saturated rings. The molecule has 0 spiro atoms. The Labute approximate surface area is 158 Å². The van der Waals surface area contributed by atoms with Gasteiger partial charge in [0.2, 0.25) is 5.91 Å². The third-order valence-electron chi connectivity index (χ3n) is 5.21. The number of hydrogen-bond acceptors (Lipinski definition) is 4. The number of urea groups is 1. The summed E-state index contributed by atoms with van der Waals surface area (Å²) in [5.41, 5.74) is 5.87. The van der Waals surface area contributed by atoms with E-state index >= 15 is 0 Å². The Kier molecular flexibility index (Phi) is 5.95. The lowest BCUT2D eigenvalue weighted by atomic mass is 10.0. The molecule has 27 heavy (non-hydrogen) atoms. The van der Waals surface area contributed by atoms with Crippen LogP contribution in [0.4, 0.5) is 4.79 Å². The first-order valence-corrected chi connectivity index (χ1v) is 9.37. The fourth-order valence-corrected chi connectivity index (χ4v) is 3.30. The Morgan fingerprint density at radius 1 is 1.22 bits per heavy atom. The molecule has 0 radical (unpaired) electrons. The van der Waals surface area contributed by atoms with Crippen LogP contribution in [0.2, 0.25) is 0 Å². The molecule has 1 aromatic rings. The number of benzene rings is 1. The fourth-order valence-electron chi connectivity index (χ4n) is 3.30. The summed E-state index contributed by atoms with van der Waals surface area (Å²) in [6.07, 6.45) is 1.90. The molecule has 0 aromatic heterocycles. The number of nitrogens with zero attached hydrogens (tertiary/aromatic N) is 2. The van der Waals surface area contributed by atoms with E-state index in [2.05, 4.69) is 10.9 Å². The summed E-state index contributed by atoms with van der Waals surface area (Å²) in [4.78, 5) is 44.2. The number of fused-ring (bicyclic) bond motifs is 2. The summed E-state index contributed by atoms with van der Waals surface area (Å²) in [7, 11) is 0. The van der Waals surface area contributed by atoms with E-state index in [1.54, 1.807) is 6.92 Å². The molecule has 4 amide bonds. The van der Waals surface area contributed by atoms with Gasteiger partial charge in [-0.3, -0.25) is 25.3 Å². The van der Waals surface area contributed by atoms with E-state index in [9.17, 15) is 14.4 Å². The van der Waals surface area contributed by atoms with Crippen molar-refractivity contribution in [3.05, 3.63) is 35.9 Å². The van der Waals surface area contributed by atoms with Crippen LogP contribution in [-0.2, 0) is 21.0 Å². The molecule has 2 saturated heterocycles. The third-order valence-corrected chi connectivity index (χ3v) is 5.21. The topological polar surface area (TPSA) is 91.0 Å². The quantitative estimate of drug-likeness (QED) is 0.740. The zero-order chi connectivity index (χ0) is 19.4. The van der Waals surface area contributed by atoms with E-state index < -0.39 is 6.04 Å². The van der Waals surface area contributed by atoms with Gasteiger partial charge in [-0.15, -0.1) is 0 Å². The number of nitrogens with one attached hydrogen (secondary N) is 2. The lowest BCUT2D eigenvalue weighted by Crippen LogP contribution is -2.54. The maximum Gasteiger partial charge on any atom is 0.345 e. The van der Waals surface area contributed by atoms with E-state index in [0.717, 1.165) is 5.56 Å². The molecule has 2 aliphatic rings. The van der Waals surface area contributed by atoms with Gasteiger partial charge in [0.15, 0.2) is 0 Å². The zero-order valence-corrected chi connectivity index (χ0v) is 15.7. The van der Waals surface area contributed by atoms with Gasteiger partial charge in [0.1, 0.15) is 12.6 Å². The van der Waals surface area contributed by atoms with Crippen molar-refractivity contribution >= 4 is 17.8 Å². The lowest BCUT2D eigenvalue weighted by Gasteiger charge is -2.29. The fraction of sp³-hybridized carbons (Fsp3) is 0.526. The minimum absolute atomic E-state index is 0.0556. The maximum absolute atomic E-state index is 12.7. The molecule has 2 bridgehead atoms. The third kappa shape index (κ3) is 4.21. The number of rotatable bonds is 6. The number of hydrogen-bond donors (Lipinski definition) is 2. The van der Waals surface area contributed by atoms with Gasteiger partial charge >= 0.3 is 6.03 Å². The molecule has 2 N–H and O–H groups in total. The van der Waals surface area contributed by atoms with Crippen LogP contribution in [0.5, 0.6) is 0 Å². The van der Waals surface area contributed by atoms with Crippen molar-refractivity contribution in [2.75, 3.05) is 6.54 Å². The van der Waals surface area contributed by atoms with Crippen LogP contribution in [0.3, 0.4) is 0 Å². The summed E-state index contributed by atoms with van der Waals surface area (Å²) < 4.78 is 0. The van der Waals surface area contributed by atoms with Crippen LogP contribution < -0.4 is 10.9 Å². The number of carbonyl (C=O) groups is 3. The summed E-state index contributed by atoms with van der Waals surface area (Å²) >= 11 is 0. The van der Waals surface area contributed by atoms with Gasteiger partial charge in [-0.1, -0.05) is 44.2 Å².